The van der Waals surface area contributed by atoms with Gasteiger partial charge in [0.2, 0.25) is 0 Å². The fourth-order valence-electron chi connectivity index (χ4n) is 1.36. The van der Waals surface area contributed by atoms with Gasteiger partial charge in [0.15, 0.2) is 0 Å². The molecule has 1 aromatic rings. The average Bonchev–Trinajstić information content (AvgIpc) is 2.54. The zero-order valence-corrected chi connectivity index (χ0v) is 8.56. The first-order valence-electron chi connectivity index (χ1n) is 4.45. The maximum absolute atomic E-state index is 5.17. The summed E-state index contributed by atoms with van der Waals surface area (Å²) in [6, 6.07) is 0. The van der Waals surface area contributed by atoms with Crippen molar-refractivity contribution in [1.29, 1.82) is 0 Å². The molecular weight excluding hydrogens is 184 g/mol. The second kappa shape index (κ2) is 3.74. The van der Waals surface area contributed by atoms with Crippen LogP contribution < -0.4 is 5.32 Å². The Bertz CT molecular complexity index is 257. The summed E-state index contributed by atoms with van der Waals surface area (Å²) in [4.78, 5) is 4.20. The third-order valence-corrected chi connectivity index (χ3v) is 2.99. The highest BCUT2D eigenvalue weighted by atomic mass is 32.1. The summed E-state index contributed by atoms with van der Waals surface area (Å²) in [5.41, 5.74) is 0.358. The summed E-state index contributed by atoms with van der Waals surface area (Å²) in [6.07, 6.45) is 1.84. The minimum atomic E-state index is 0.358. The van der Waals surface area contributed by atoms with Crippen LogP contribution in [0.1, 0.15) is 11.9 Å². The maximum atomic E-state index is 5.17. The van der Waals surface area contributed by atoms with Crippen LogP contribution in [0.2, 0.25) is 0 Å². The molecule has 0 radical (unpaired) electrons. The number of rotatable bonds is 4. The van der Waals surface area contributed by atoms with Gasteiger partial charge in [0.1, 0.15) is 5.01 Å². The zero-order valence-electron chi connectivity index (χ0n) is 7.75. The van der Waals surface area contributed by atoms with Gasteiger partial charge in [-0.2, -0.15) is 0 Å². The Hall–Kier alpha value is -0.450. The van der Waals surface area contributed by atoms with Gasteiger partial charge in [0, 0.05) is 30.1 Å². The molecule has 0 unspecified atom stereocenters. The van der Waals surface area contributed by atoms with Crippen LogP contribution in [0.5, 0.6) is 0 Å². The third-order valence-electron chi connectivity index (χ3n) is 2.21. The van der Waals surface area contributed by atoms with Crippen molar-refractivity contribution in [2.45, 2.75) is 13.5 Å². The van der Waals surface area contributed by atoms with Gasteiger partial charge in [-0.05, 0) is 0 Å². The highest BCUT2D eigenvalue weighted by Gasteiger charge is 2.32. The van der Waals surface area contributed by atoms with E-state index in [1.807, 2.05) is 11.6 Å². The predicted molar refractivity (Wildman–Crippen MR) is 52.7 cm³/mol. The summed E-state index contributed by atoms with van der Waals surface area (Å²) in [5.74, 6) is 0. The number of ether oxygens (including phenoxy) is 1. The largest absolute Gasteiger partial charge is 0.380 e. The Morgan fingerprint density at radius 2 is 2.54 bits per heavy atom. The maximum Gasteiger partial charge on any atom is 0.106 e. The van der Waals surface area contributed by atoms with Crippen LogP contribution in [0, 0.1) is 5.41 Å². The molecule has 0 amide bonds. The van der Waals surface area contributed by atoms with Crippen LogP contribution in [-0.4, -0.2) is 24.7 Å². The van der Waals surface area contributed by atoms with Gasteiger partial charge in [-0.1, -0.05) is 6.92 Å². The van der Waals surface area contributed by atoms with Crippen LogP contribution in [-0.2, 0) is 11.3 Å². The Morgan fingerprint density at radius 1 is 1.69 bits per heavy atom. The zero-order chi connectivity index (χ0) is 9.15. The van der Waals surface area contributed by atoms with Gasteiger partial charge < -0.3 is 10.1 Å². The van der Waals surface area contributed by atoms with Crippen molar-refractivity contribution >= 4 is 11.3 Å². The van der Waals surface area contributed by atoms with Crippen LogP contribution in [0.4, 0.5) is 0 Å². The molecule has 1 aliphatic rings. The van der Waals surface area contributed by atoms with Crippen molar-refractivity contribution in [3.05, 3.63) is 16.6 Å². The van der Waals surface area contributed by atoms with Gasteiger partial charge in [-0.25, -0.2) is 4.98 Å². The molecule has 1 saturated heterocycles. The topological polar surface area (TPSA) is 34.2 Å². The summed E-state index contributed by atoms with van der Waals surface area (Å²) >= 11 is 1.69. The van der Waals surface area contributed by atoms with Crippen molar-refractivity contribution in [3.63, 3.8) is 0 Å². The van der Waals surface area contributed by atoms with E-state index in [1.54, 1.807) is 11.3 Å². The lowest BCUT2D eigenvalue weighted by Crippen LogP contribution is -2.47. The molecular formula is C9H14N2OS. The van der Waals surface area contributed by atoms with Crippen LogP contribution >= 0.6 is 11.3 Å². The molecule has 13 heavy (non-hydrogen) atoms. The Kier molecular flexibility index (Phi) is 2.62. The Morgan fingerprint density at radius 3 is 3.08 bits per heavy atom. The van der Waals surface area contributed by atoms with E-state index in [1.165, 1.54) is 0 Å². The smallest absolute Gasteiger partial charge is 0.106 e. The van der Waals surface area contributed by atoms with E-state index in [2.05, 4.69) is 17.2 Å². The molecule has 0 aromatic carbocycles. The van der Waals surface area contributed by atoms with Crippen molar-refractivity contribution in [3.8, 4) is 0 Å². The second-order valence-corrected chi connectivity index (χ2v) is 4.81. The third kappa shape index (κ3) is 2.27. The number of hydrogen-bond donors (Lipinski definition) is 1. The quantitative estimate of drug-likeness (QED) is 0.791. The molecule has 1 aromatic heterocycles. The molecule has 1 aliphatic heterocycles. The number of nitrogens with zero attached hydrogens (tertiary/aromatic N) is 1. The van der Waals surface area contributed by atoms with Crippen molar-refractivity contribution in [1.82, 2.24) is 10.3 Å². The van der Waals surface area contributed by atoms with Crippen molar-refractivity contribution in [2.75, 3.05) is 19.8 Å². The Labute approximate surface area is 82.1 Å². The van der Waals surface area contributed by atoms with E-state index in [9.17, 15) is 0 Å². The van der Waals surface area contributed by atoms with E-state index >= 15 is 0 Å². The summed E-state index contributed by atoms with van der Waals surface area (Å²) in [7, 11) is 0. The van der Waals surface area contributed by atoms with Crippen LogP contribution in [0.3, 0.4) is 0 Å². The SMILES string of the molecule is CC1(CNCc2nccs2)COC1. The molecule has 0 bridgehead atoms. The van der Waals surface area contributed by atoms with E-state index in [4.69, 9.17) is 4.74 Å². The minimum absolute atomic E-state index is 0.358. The standard InChI is InChI=1S/C9H14N2OS/c1-9(6-12-7-9)5-10-4-8-11-2-3-13-8/h2-3,10H,4-7H2,1H3. The number of nitrogens with one attached hydrogen (secondary N) is 1. The van der Waals surface area contributed by atoms with E-state index in [0.29, 0.717) is 5.41 Å². The first-order chi connectivity index (χ1) is 6.29. The monoisotopic (exact) mass is 198 g/mol. The minimum Gasteiger partial charge on any atom is -0.380 e. The van der Waals surface area contributed by atoms with Crippen molar-refractivity contribution in [2.24, 2.45) is 5.41 Å². The molecule has 2 rings (SSSR count). The van der Waals surface area contributed by atoms with Gasteiger partial charge in [-0.3, -0.25) is 0 Å². The predicted octanol–water partition coefficient (Wildman–Crippen LogP) is 1.27. The summed E-state index contributed by atoms with van der Waals surface area (Å²) in [6.45, 7) is 5.92. The van der Waals surface area contributed by atoms with Gasteiger partial charge >= 0.3 is 0 Å². The molecule has 3 nitrogen and oxygen atoms in total. The van der Waals surface area contributed by atoms with E-state index in [0.717, 1.165) is 31.3 Å². The lowest BCUT2D eigenvalue weighted by atomic mass is 9.89. The van der Waals surface area contributed by atoms with Crippen LogP contribution in [0.15, 0.2) is 11.6 Å². The molecule has 0 aliphatic carbocycles. The van der Waals surface area contributed by atoms with Crippen molar-refractivity contribution < 1.29 is 4.74 Å². The van der Waals surface area contributed by atoms with Gasteiger partial charge in [0.05, 0.1) is 13.2 Å². The van der Waals surface area contributed by atoms with Crippen LogP contribution in [0.25, 0.3) is 0 Å². The number of hydrogen-bond acceptors (Lipinski definition) is 4. The molecule has 2 heterocycles. The number of aromatic nitrogens is 1. The van der Waals surface area contributed by atoms with Gasteiger partial charge in [0.25, 0.3) is 0 Å². The molecule has 4 heteroatoms. The first-order valence-corrected chi connectivity index (χ1v) is 5.33. The van der Waals surface area contributed by atoms with E-state index < -0.39 is 0 Å². The Balaban J connectivity index is 1.69. The second-order valence-electron chi connectivity index (χ2n) is 3.83. The lowest BCUT2D eigenvalue weighted by molar-refractivity contribution is -0.0991. The molecule has 1 N–H and O–H groups in total. The highest BCUT2D eigenvalue weighted by Crippen LogP contribution is 2.25. The fraction of sp³-hybridized carbons (Fsp3) is 0.667. The highest BCUT2D eigenvalue weighted by molar-refractivity contribution is 7.09. The lowest BCUT2D eigenvalue weighted by Gasteiger charge is -2.38. The fourth-order valence-corrected chi connectivity index (χ4v) is 1.95. The molecule has 0 spiro atoms. The van der Waals surface area contributed by atoms with Gasteiger partial charge in [-0.15, -0.1) is 11.3 Å². The normalized spacial score (nSPS) is 19.8. The average molecular weight is 198 g/mol. The molecule has 72 valence electrons. The first kappa shape index (κ1) is 9.12. The summed E-state index contributed by atoms with van der Waals surface area (Å²) < 4.78 is 5.17. The molecule has 0 saturated carbocycles. The van der Waals surface area contributed by atoms with E-state index in [-0.39, 0.29) is 0 Å². The summed E-state index contributed by atoms with van der Waals surface area (Å²) in [5, 5.41) is 6.56. The molecule has 0 atom stereocenters. The number of thiazole rings is 1. The molecule has 1 fully saturated rings.